The van der Waals surface area contributed by atoms with Gasteiger partial charge in [-0.3, -0.25) is 5.01 Å². The number of hydrogen-bond acceptors (Lipinski definition) is 4. The van der Waals surface area contributed by atoms with Gasteiger partial charge in [0.15, 0.2) is 0 Å². The molecule has 0 amide bonds. The summed E-state index contributed by atoms with van der Waals surface area (Å²) in [4.78, 5) is -0.0402. The molecule has 2 aromatic rings. The van der Waals surface area contributed by atoms with Crippen LogP contribution >= 0.6 is 0 Å². The lowest BCUT2D eigenvalue weighted by Crippen LogP contribution is -2.20. The van der Waals surface area contributed by atoms with E-state index < -0.39 is 16.4 Å². The minimum absolute atomic E-state index is 0.0402. The average molecular weight is 379 g/mol. The van der Waals surface area contributed by atoms with E-state index in [1.165, 1.54) is 29.3 Å². The van der Waals surface area contributed by atoms with Crippen LogP contribution in [-0.4, -0.2) is 20.6 Å². The summed E-state index contributed by atoms with van der Waals surface area (Å²) >= 11 is 0. The van der Waals surface area contributed by atoms with Gasteiger partial charge in [0.1, 0.15) is 5.71 Å². The van der Waals surface area contributed by atoms with Crippen LogP contribution in [0.3, 0.4) is 0 Å². The summed E-state index contributed by atoms with van der Waals surface area (Å²) in [5, 5.41) is 10.7. The molecular formula is C18H19F2N3O2S. The molecule has 3 rings (SSSR count). The van der Waals surface area contributed by atoms with Crippen molar-refractivity contribution in [2.45, 2.75) is 37.6 Å². The van der Waals surface area contributed by atoms with Crippen LogP contribution in [0.1, 0.15) is 29.2 Å². The molecule has 0 aromatic heterocycles. The fourth-order valence-corrected chi connectivity index (χ4v) is 3.65. The third kappa shape index (κ3) is 3.61. The molecule has 0 saturated heterocycles. The second-order valence-corrected chi connectivity index (χ2v) is 7.92. The van der Waals surface area contributed by atoms with E-state index in [4.69, 9.17) is 5.14 Å². The molecule has 5 nitrogen and oxygen atoms in total. The lowest BCUT2D eigenvalue weighted by atomic mass is 9.95. The van der Waals surface area contributed by atoms with Gasteiger partial charge >= 0.3 is 0 Å². The molecule has 0 spiro atoms. The Hall–Kier alpha value is -2.32. The number of benzene rings is 2. The van der Waals surface area contributed by atoms with Crippen molar-refractivity contribution in [3.8, 4) is 0 Å². The molecule has 0 saturated carbocycles. The minimum Gasteiger partial charge on any atom is -0.258 e. The second kappa shape index (κ2) is 6.77. The van der Waals surface area contributed by atoms with E-state index in [0.717, 1.165) is 16.7 Å². The molecule has 1 aliphatic heterocycles. The monoisotopic (exact) mass is 379 g/mol. The van der Waals surface area contributed by atoms with Crippen LogP contribution in [0.25, 0.3) is 0 Å². The highest BCUT2D eigenvalue weighted by molar-refractivity contribution is 7.89. The van der Waals surface area contributed by atoms with Crippen molar-refractivity contribution < 1.29 is 17.2 Å². The summed E-state index contributed by atoms with van der Waals surface area (Å²) < 4.78 is 49.3. The summed E-state index contributed by atoms with van der Waals surface area (Å²) in [5.41, 5.74) is 3.32. The Balaban J connectivity index is 2.02. The highest BCUT2D eigenvalue weighted by Crippen LogP contribution is 2.38. The lowest BCUT2D eigenvalue weighted by Gasteiger charge is -2.25. The fourth-order valence-electron chi connectivity index (χ4n) is 3.13. The van der Waals surface area contributed by atoms with Crippen LogP contribution in [-0.2, 0) is 10.0 Å². The first-order chi connectivity index (χ1) is 12.2. The largest absolute Gasteiger partial charge is 0.278 e. The van der Waals surface area contributed by atoms with Gasteiger partial charge in [0.25, 0.3) is 6.43 Å². The second-order valence-electron chi connectivity index (χ2n) is 6.36. The molecule has 1 heterocycles. The smallest absolute Gasteiger partial charge is 0.258 e. The molecule has 1 atom stereocenters. The molecule has 138 valence electrons. The molecule has 0 fully saturated rings. The van der Waals surface area contributed by atoms with E-state index >= 15 is 0 Å². The predicted octanol–water partition coefficient (Wildman–Crippen LogP) is 3.52. The van der Waals surface area contributed by atoms with Gasteiger partial charge in [0.2, 0.25) is 10.0 Å². The SMILES string of the molecule is Cc1ccc(C2CC(C(F)F)=NN2c2ccc(S(N)(=O)=O)cc2)c(C)c1. The number of aryl methyl sites for hydroxylation is 2. The molecule has 2 aromatic carbocycles. The van der Waals surface area contributed by atoms with E-state index in [1.807, 2.05) is 32.0 Å². The average Bonchev–Trinajstić information content (AvgIpc) is 2.99. The molecule has 1 unspecified atom stereocenters. The van der Waals surface area contributed by atoms with Crippen molar-refractivity contribution in [2.24, 2.45) is 10.2 Å². The van der Waals surface area contributed by atoms with Crippen molar-refractivity contribution in [2.75, 3.05) is 5.01 Å². The Labute approximate surface area is 151 Å². The van der Waals surface area contributed by atoms with Gasteiger partial charge < -0.3 is 0 Å². The molecule has 0 radical (unpaired) electrons. The normalized spacial score (nSPS) is 17.7. The van der Waals surface area contributed by atoms with Gasteiger partial charge in [-0.25, -0.2) is 22.3 Å². The van der Waals surface area contributed by atoms with Gasteiger partial charge in [0.05, 0.1) is 16.6 Å². The number of anilines is 1. The molecular weight excluding hydrogens is 360 g/mol. The maximum absolute atomic E-state index is 13.2. The molecule has 26 heavy (non-hydrogen) atoms. The Bertz CT molecular complexity index is 957. The lowest BCUT2D eigenvalue weighted by molar-refractivity contribution is 0.223. The number of halogens is 2. The number of hydrazone groups is 1. The topological polar surface area (TPSA) is 75.8 Å². The maximum Gasteiger partial charge on any atom is 0.278 e. The number of primary sulfonamides is 1. The fraction of sp³-hybridized carbons (Fsp3) is 0.278. The van der Waals surface area contributed by atoms with Gasteiger partial charge in [-0.1, -0.05) is 23.8 Å². The Morgan fingerprint density at radius 2 is 1.81 bits per heavy atom. The van der Waals surface area contributed by atoms with Crippen molar-refractivity contribution in [1.29, 1.82) is 0 Å². The highest BCUT2D eigenvalue weighted by Gasteiger charge is 2.33. The summed E-state index contributed by atoms with van der Waals surface area (Å²) in [6.45, 7) is 3.90. The summed E-state index contributed by atoms with van der Waals surface area (Å²) in [6, 6.07) is 11.2. The van der Waals surface area contributed by atoms with Crippen molar-refractivity contribution >= 4 is 21.4 Å². The number of rotatable bonds is 4. The summed E-state index contributed by atoms with van der Waals surface area (Å²) in [5.74, 6) is 0. The van der Waals surface area contributed by atoms with Crippen molar-refractivity contribution in [3.63, 3.8) is 0 Å². The number of alkyl halides is 2. The highest BCUT2D eigenvalue weighted by atomic mass is 32.2. The number of sulfonamides is 1. The molecule has 1 aliphatic rings. The first-order valence-electron chi connectivity index (χ1n) is 8.01. The molecule has 0 aliphatic carbocycles. The van der Waals surface area contributed by atoms with Crippen molar-refractivity contribution in [3.05, 3.63) is 59.2 Å². The van der Waals surface area contributed by atoms with Gasteiger partial charge in [-0.2, -0.15) is 5.10 Å². The van der Waals surface area contributed by atoms with E-state index in [-0.39, 0.29) is 23.1 Å². The van der Waals surface area contributed by atoms with E-state index in [1.54, 1.807) is 0 Å². The van der Waals surface area contributed by atoms with Crippen LogP contribution in [0, 0.1) is 13.8 Å². The quantitative estimate of drug-likeness (QED) is 0.883. The van der Waals surface area contributed by atoms with E-state index in [0.29, 0.717) is 5.69 Å². The van der Waals surface area contributed by atoms with Gasteiger partial charge in [0, 0.05) is 6.42 Å². The first kappa shape index (κ1) is 18.5. The third-order valence-electron chi connectivity index (χ3n) is 4.40. The van der Waals surface area contributed by atoms with E-state index in [9.17, 15) is 17.2 Å². The van der Waals surface area contributed by atoms with Crippen LogP contribution in [0.4, 0.5) is 14.5 Å². The Morgan fingerprint density at radius 1 is 1.15 bits per heavy atom. The van der Waals surface area contributed by atoms with E-state index in [2.05, 4.69) is 5.10 Å². The molecule has 0 bridgehead atoms. The zero-order valence-electron chi connectivity index (χ0n) is 14.4. The zero-order chi connectivity index (χ0) is 19.1. The zero-order valence-corrected chi connectivity index (χ0v) is 15.2. The third-order valence-corrected chi connectivity index (χ3v) is 5.33. The van der Waals surface area contributed by atoms with Crippen molar-refractivity contribution in [1.82, 2.24) is 0 Å². The van der Waals surface area contributed by atoms with Crippen LogP contribution in [0.15, 0.2) is 52.5 Å². The van der Waals surface area contributed by atoms with Crippen LogP contribution in [0.5, 0.6) is 0 Å². The van der Waals surface area contributed by atoms with Crippen LogP contribution in [0.2, 0.25) is 0 Å². The number of hydrogen-bond donors (Lipinski definition) is 1. The number of nitrogens with zero attached hydrogens (tertiary/aromatic N) is 2. The summed E-state index contributed by atoms with van der Waals surface area (Å²) in [6.07, 6.45) is -2.53. The molecule has 8 heteroatoms. The van der Waals surface area contributed by atoms with Gasteiger partial charge in [-0.05, 0) is 49.2 Å². The van der Waals surface area contributed by atoms with Crippen LogP contribution < -0.4 is 10.1 Å². The Morgan fingerprint density at radius 3 is 2.35 bits per heavy atom. The molecule has 2 N–H and O–H groups in total. The Kier molecular flexibility index (Phi) is 4.81. The first-order valence-corrected chi connectivity index (χ1v) is 9.56. The van der Waals surface area contributed by atoms with Gasteiger partial charge in [-0.15, -0.1) is 0 Å². The predicted molar refractivity (Wildman–Crippen MR) is 97.0 cm³/mol. The maximum atomic E-state index is 13.2. The number of nitrogens with two attached hydrogens (primary N) is 1. The summed E-state index contributed by atoms with van der Waals surface area (Å²) in [7, 11) is -3.82. The standard InChI is InChI=1S/C18H19F2N3O2S/c1-11-3-8-15(12(2)9-11)17-10-16(18(19)20)22-23(17)13-4-6-14(7-5-13)26(21,24)25/h3-9,17-18H,10H2,1-2H3,(H2,21,24,25). The minimum atomic E-state index is -3.82.